The summed E-state index contributed by atoms with van der Waals surface area (Å²) < 4.78 is 5.34. The van der Waals surface area contributed by atoms with Crippen molar-refractivity contribution in [2.45, 2.75) is 0 Å². The van der Waals surface area contributed by atoms with Gasteiger partial charge in [0, 0.05) is 23.9 Å². The van der Waals surface area contributed by atoms with Gasteiger partial charge in [0.15, 0.2) is 0 Å². The molecule has 0 saturated carbocycles. The van der Waals surface area contributed by atoms with Crippen molar-refractivity contribution < 1.29 is 4.74 Å². The zero-order chi connectivity index (χ0) is 12.4. The van der Waals surface area contributed by atoms with Crippen LogP contribution in [0.25, 0.3) is 10.8 Å². The predicted molar refractivity (Wildman–Crippen MR) is 67.3 cm³/mol. The number of nitriles is 1. The highest BCUT2D eigenvalue weighted by molar-refractivity contribution is 5.87. The molecule has 0 radical (unpaired) electrons. The maximum atomic E-state index is 9.26. The van der Waals surface area contributed by atoms with Crippen LogP contribution in [0.2, 0.25) is 0 Å². The second kappa shape index (κ2) is 4.59. The van der Waals surface area contributed by atoms with Crippen LogP contribution in [0.4, 0.5) is 5.69 Å². The molecule has 1 saturated heterocycles. The molecule has 1 aromatic heterocycles. The molecule has 0 N–H and O–H groups in total. The molecule has 2 aromatic rings. The van der Waals surface area contributed by atoms with E-state index < -0.39 is 0 Å². The normalized spacial score (nSPS) is 15.6. The van der Waals surface area contributed by atoms with E-state index in [-0.39, 0.29) is 0 Å². The van der Waals surface area contributed by atoms with E-state index in [9.17, 15) is 5.26 Å². The second-order valence-corrected chi connectivity index (χ2v) is 4.20. The minimum absolute atomic E-state index is 0.678. The lowest BCUT2D eigenvalue weighted by Gasteiger charge is -2.29. The number of ether oxygens (including phenoxy) is 1. The molecule has 5 nitrogen and oxygen atoms in total. The molecule has 3 rings (SSSR count). The van der Waals surface area contributed by atoms with Crippen LogP contribution in [0.15, 0.2) is 24.5 Å². The molecular weight excluding hydrogens is 228 g/mol. The summed E-state index contributed by atoms with van der Waals surface area (Å²) in [7, 11) is 0. The van der Waals surface area contributed by atoms with Gasteiger partial charge in [-0.2, -0.15) is 15.5 Å². The number of benzene rings is 1. The van der Waals surface area contributed by atoms with Crippen LogP contribution in [-0.2, 0) is 4.74 Å². The fourth-order valence-electron chi connectivity index (χ4n) is 2.19. The largest absolute Gasteiger partial charge is 0.378 e. The second-order valence-electron chi connectivity index (χ2n) is 4.20. The quantitative estimate of drug-likeness (QED) is 0.752. The Kier molecular flexibility index (Phi) is 2.79. The minimum atomic E-state index is 0.678. The maximum absolute atomic E-state index is 9.26. The van der Waals surface area contributed by atoms with Gasteiger partial charge < -0.3 is 9.64 Å². The highest BCUT2D eigenvalue weighted by atomic mass is 16.5. The molecule has 0 bridgehead atoms. The average Bonchev–Trinajstić information content (AvgIpc) is 2.46. The summed E-state index contributed by atoms with van der Waals surface area (Å²) >= 11 is 0. The molecule has 90 valence electrons. The summed E-state index contributed by atoms with van der Waals surface area (Å²) in [5, 5.41) is 18.9. The molecule has 0 unspecified atom stereocenters. The standard InChI is InChI=1S/C13H12N4O/c14-7-10-5-11-8-15-16-9-12(11)6-13(10)17-1-3-18-4-2-17/h5-6,8-9H,1-4H2. The van der Waals surface area contributed by atoms with E-state index in [4.69, 9.17) is 4.74 Å². The van der Waals surface area contributed by atoms with Crippen LogP contribution in [0.1, 0.15) is 5.56 Å². The Morgan fingerprint density at radius 1 is 1.11 bits per heavy atom. The van der Waals surface area contributed by atoms with Gasteiger partial charge in [0.25, 0.3) is 0 Å². The van der Waals surface area contributed by atoms with E-state index >= 15 is 0 Å². The number of hydrogen-bond acceptors (Lipinski definition) is 5. The number of rotatable bonds is 1. The highest BCUT2D eigenvalue weighted by Gasteiger charge is 2.15. The highest BCUT2D eigenvalue weighted by Crippen LogP contribution is 2.26. The van der Waals surface area contributed by atoms with Crippen molar-refractivity contribution in [3.05, 3.63) is 30.1 Å². The van der Waals surface area contributed by atoms with E-state index in [1.54, 1.807) is 12.4 Å². The van der Waals surface area contributed by atoms with E-state index in [0.29, 0.717) is 18.8 Å². The molecule has 18 heavy (non-hydrogen) atoms. The van der Waals surface area contributed by atoms with Crippen molar-refractivity contribution in [3.8, 4) is 6.07 Å². The van der Waals surface area contributed by atoms with Crippen LogP contribution in [-0.4, -0.2) is 36.5 Å². The van der Waals surface area contributed by atoms with Crippen molar-refractivity contribution in [3.63, 3.8) is 0 Å². The first-order chi connectivity index (χ1) is 8.88. The fourth-order valence-corrected chi connectivity index (χ4v) is 2.19. The molecule has 1 aliphatic heterocycles. The van der Waals surface area contributed by atoms with Gasteiger partial charge in [0.2, 0.25) is 0 Å². The number of hydrogen-bond donors (Lipinski definition) is 0. The Morgan fingerprint density at radius 2 is 1.78 bits per heavy atom. The van der Waals surface area contributed by atoms with Gasteiger partial charge in [0.1, 0.15) is 6.07 Å². The molecule has 0 spiro atoms. The Hall–Kier alpha value is -2.19. The van der Waals surface area contributed by atoms with Crippen molar-refractivity contribution in [2.24, 2.45) is 0 Å². The van der Waals surface area contributed by atoms with Crippen molar-refractivity contribution in [1.29, 1.82) is 5.26 Å². The Morgan fingerprint density at radius 3 is 2.44 bits per heavy atom. The van der Waals surface area contributed by atoms with Crippen molar-refractivity contribution in [1.82, 2.24) is 10.2 Å². The molecule has 1 aromatic carbocycles. The lowest BCUT2D eigenvalue weighted by Crippen LogP contribution is -2.36. The fraction of sp³-hybridized carbons (Fsp3) is 0.308. The topological polar surface area (TPSA) is 62.0 Å². The molecule has 1 fully saturated rings. The summed E-state index contributed by atoms with van der Waals surface area (Å²) in [4.78, 5) is 2.18. The predicted octanol–water partition coefficient (Wildman–Crippen LogP) is 1.34. The van der Waals surface area contributed by atoms with Gasteiger partial charge in [-0.15, -0.1) is 0 Å². The molecule has 0 atom stereocenters. The Balaban J connectivity index is 2.11. The van der Waals surface area contributed by atoms with Crippen LogP contribution in [0, 0.1) is 11.3 Å². The van der Waals surface area contributed by atoms with Crippen LogP contribution in [0.5, 0.6) is 0 Å². The first kappa shape index (κ1) is 10.9. The van der Waals surface area contributed by atoms with Gasteiger partial charge in [-0.1, -0.05) is 0 Å². The zero-order valence-corrected chi connectivity index (χ0v) is 9.83. The van der Waals surface area contributed by atoms with Gasteiger partial charge >= 0.3 is 0 Å². The Labute approximate surface area is 105 Å². The van der Waals surface area contributed by atoms with Gasteiger partial charge in [-0.3, -0.25) is 0 Å². The van der Waals surface area contributed by atoms with Gasteiger partial charge in [-0.25, -0.2) is 0 Å². The smallest absolute Gasteiger partial charge is 0.101 e. The summed E-state index contributed by atoms with van der Waals surface area (Å²) in [5.74, 6) is 0. The lowest BCUT2D eigenvalue weighted by atomic mass is 10.1. The summed E-state index contributed by atoms with van der Waals surface area (Å²) in [6.07, 6.45) is 3.40. The lowest BCUT2D eigenvalue weighted by molar-refractivity contribution is 0.122. The van der Waals surface area contributed by atoms with E-state index in [1.807, 2.05) is 12.1 Å². The molecule has 2 heterocycles. The first-order valence-electron chi connectivity index (χ1n) is 5.86. The van der Waals surface area contributed by atoms with Crippen molar-refractivity contribution in [2.75, 3.05) is 31.2 Å². The van der Waals surface area contributed by atoms with Crippen molar-refractivity contribution >= 4 is 16.5 Å². The molecule has 0 aliphatic carbocycles. The zero-order valence-electron chi connectivity index (χ0n) is 9.83. The third kappa shape index (κ3) is 1.87. The number of morpholine rings is 1. The average molecular weight is 240 g/mol. The van der Waals surface area contributed by atoms with E-state index in [1.165, 1.54) is 0 Å². The van der Waals surface area contributed by atoms with Gasteiger partial charge in [-0.05, 0) is 12.1 Å². The van der Waals surface area contributed by atoms with Crippen LogP contribution < -0.4 is 4.90 Å². The third-order valence-corrected chi connectivity index (χ3v) is 3.13. The summed E-state index contributed by atoms with van der Waals surface area (Å²) in [6.45, 7) is 3.05. The Bertz CT molecular complexity index is 614. The van der Waals surface area contributed by atoms with Crippen LogP contribution >= 0.6 is 0 Å². The molecule has 5 heteroatoms. The monoisotopic (exact) mass is 240 g/mol. The van der Waals surface area contributed by atoms with Gasteiger partial charge in [0.05, 0.1) is 36.9 Å². The summed E-state index contributed by atoms with van der Waals surface area (Å²) in [5.41, 5.74) is 1.64. The molecule has 1 aliphatic rings. The third-order valence-electron chi connectivity index (χ3n) is 3.13. The van der Waals surface area contributed by atoms with E-state index in [0.717, 1.165) is 29.5 Å². The first-order valence-corrected chi connectivity index (χ1v) is 5.86. The number of aromatic nitrogens is 2. The number of anilines is 1. The SMILES string of the molecule is N#Cc1cc2cnncc2cc1N1CCOCC1. The number of nitrogens with zero attached hydrogens (tertiary/aromatic N) is 4. The molecule has 0 amide bonds. The number of fused-ring (bicyclic) bond motifs is 1. The van der Waals surface area contributed by atoms with Crippen LogP contribution in [0.3, 0.4) is 0 Å². The van der Waals surface area contributed by atoms with E-state index in [2.05, 4.69) is 21.2 Å². The summed E-state index contributed by atoms with van der Waals surface area (Å²) in [6, 6.07) is 6.13. The molecular formula is C13H12N4O. The minimum Gasteiger partial charge on any atom is -0.378 e. The maximum Gasteiger partial charge on any atom is 0.101 e.